The molecule has 1 fully saturated rings. The molecule has 0 atom stereocenters. The number of amides is 1. The van der Waals surface area contributed by atoms with E-state index >= 15 is 0 Å². The summed E-state index contributed by atoms with van der Waals surface area (Å²) >= 11 is 0. The van der Waals surface area contributed by atoms with E-state index in [0.717, 1.165) is 43.9 Å². The van der Waals surface area contributed by atoms with Gasteiger partial charge < -0.3 is 29.4 Å². The van der Waals surface area contributed by atoms with Crippen LogP contribution >= 0.6 is 0 Å². The molecule has 0 spiro atoms. The van der Waals surface area contributed by atoms with Crippen LogP contribution in [0.15, 0.2) is 53.1 Å². The number of halogens is 1. The van der Waals surface area contributed by atoms with Crippen LogP contribution in [0, 0.1) is 5.82 Å². The molecule has 0 bridgehead atoms. The Labute approximate surface area is 206 Å². The van der Waals surface area contributed by atoms with Crippen LogP contribution in [0.4, 0.5) is 27.5 Å². The van der Waals surface area contributed by atoms with E-state index < -0.39 is 5.82 Å². The maximum absolute atomic E-state index is 14.5. The van der Waals surface area contributed by atoms with Crippen molar-refractivity contribution >= 4 is 40.0 Å². The van der Waals surface area contributed by atoms with E-state index in [2.05, 4.69) is 20.6 Å². The van der Waals surface area contributed by atoms with Crippen LogP contribution in [0.3, 0.4) is 0 Å². The van der Waals surface area contributed by atoms with E-state index in [1.807, 2.05) is 11.0 Å². The molecule has 2 aliphatic rings. The van der Waals surface area contributed by atoms with Crippen LogP contribution < -0.4 is 20.1 Å². The fraction of sp³-hybridized carbons (Fsp3) is 0.269. The van der Waals surface area contributed by atoms with Gasteiger partial charge in [-0.25, -0.2) is 9.37 Å². The second-order valence-electron chi connectivity index (χ2n) is 8.71. The lowest BCUT2D eigenvalue weighted by molar-refractivity contribution is 0.0694. The Morgan fingerprint density at radius 1 is 0.917 bits per heavy atom. The number of aromatic nitrogens is 2. The van der Waals surface area contributed by atoms with Crippen LogP contribution in [-0.2, 0) is 0 Å². The maximum Gasteiger partial charge on any atom is 0.289 e. The molecular formula is C26H24FN5O4. The zero-order valence-electron chi connectivity index (χ0n) is 19.4. The van der Waals surface area contributed by atoms with Gasteiger partial charge in [-0.3, -0.25) is 4.79 Å². The number of furan rings is 1. The van der Waals surface area contributed by atoms with Crippen LogP contribution in [-0.4, -0.2) is 47.1 Å². The van der Waals surface area contributed by atoms with Crippen LogP contribution in [0.1, 0.15) is 29.8 Å². The van der Waals surface area contributed by atoms with Gasteiger partial charge in [-0.15, -0.1) is 0 Å². The quantitative estimate of drug-likeness (QED) is 0.392. The minimum atomic E-state index is -0.596. The maximum atomic E-state index is 14.5. The minimum absolute atomic E-state index is 0.0166. The summed E-state index contributed by atoms with van der Waals surface area (Å²) in [4.78, 5) is 23.0. The molecule has 4 aromatic rings. The predicted octanol–water partition coefficient (Wildman–Crippen LogP) is 5.25. The van der Waals surface area contributed by atoms with Gasteiger partial charge in [0.05, 0.1) is 6.20 Å². The van der Waals surface area contributed by atoms with Crippen molar-refractivity contribution in [3.05, 3.63) is 60.2 Å². The van der Waals surface area contributed by atoms with E-state index in [9.17, 15) is 9.18 Å². The van der Waals surface area contributed by atoms with Gasteiger partial charge in [0.1, 0.15) is 18.8 Å². The van der Waals surface area contributed by atoms with Crippen molar-refractivity contribution in [2.45, 2.75) is 19.3 Å². The monoisotopic (exact) mass is 489 g/mol. The number of hydrogen-bond acceptors (Lipinski definition) is 8. The van der Waals surface area contributed by atoms with Gasteiger partial charge in [0.15, 0.2) is 28.9 Å². The van der Waals surface area contributed by atoms with Gasteiger partial charge in [0.25, 0.3) is 5.91 Å². The smallest absolute Gasteiger partial charge is 0.289 e. The molecule has 184 valence electrons. The molecule has 1 amide bonds. The Bertz CT molecular complexity index is 1430. The number of carbonyl (C=O) groups is 1. The Hall–Kier alpha value is -4.34. The number of ether oxygens (including phenoxy) is 2. The van der Waals surface area contributed by atoms with Gasteiger partial charge in [0, 0.05) is 35.9 Å². The van der Waals surface area contributed by atoms with Gasteiger partial charge in [-0.2, -0.15) is 4.98 Å². The third kappa shape index (κ3) is 4.49. The first-order valence-corrected chi connectivity index (χ1v) is 11.9. The molecule has 9 nitrogen and oxygen atoms in total. The summed E-state index contributed by atoms with van der Waals surface area (Å²) in [6, 6.07) is 12.4. The highest BCUT2D eigenvalue weighted by Gasteiger charge is 2.22. The number of piperidine rings is 1. The van der Waals surface area contributed by atoms with Crippen LogP contribution in [0.5, 0.6) is 11.5 Å². The summed E-state index contributed by atoms with van der Waals surface area (Å²) < 4.78 is 31.4. The number of nitrogens with one attached hydrogen (secondary N) is 2. The standard InChI is InChI=1S/C26H24FN5O4/c27-19-15-28-26(31-24(19)29-18-5-7-21-22(14-18)35-11-10-34-21)30-17-4-6-20-16(12-17)13-23(36-20)25(33)32-8-2-1-3-9-32/h4-7,12-15H,1-3,8-11H2,(H2,28,29,30,31). The highest BCUT2D eigenvalue weighted by Crippen LogP contribution is 2.34. The van der Waals surface area contributed by atoms with Crippen LogP contribution in [0.25, 0.3) is 11.0 Å². The first kappa shape index (κ1) is 22.1. The number of benzene rings is 2. The van der Waals surface area contributed by atoms with E-state index in [-0.39, 0.29) is 17.7 Å². The number of rotatable bonds is 5. The van der Waals surface area contributed by atoms with Crippen molar-refractivity contribution in [1.82, 2.24) is 14.9 Å². The molecule has 6 rings (SSSR count). The summed E-state index contributed by atoms with van der Waals surface area (Å²) in [5, 5.41) is 6.83. The fourth-order valence-corrected chi connectivity index (χ4v) is 4.38. The highest BCUT2D eigenvalue weighted by molar-refractivity contribution is 5.96. The van der Waals surface area contributed by atoms with Gasteiger partial charge in [-0.1, -0.05) is 0 Å². The van der Waals surface area contributed by atoms with E-state index in [1.54, 1.807) is 36.4 Å². The molecule has 2 aromatic carbocycles. The van der Waals surface area contributed by atoms with Crippen LogP contribution in [0.2, 0.25) is 0 Å². The lowest BCUT2D eigenvalue weighted by Gasteiger charge is -2.25. The molecule has 0 saturated carbocycles. The van der Waals surface area contributed by atoms with Crippen molar-refractivity contribution in [3.8, 4) is 11.5 Å². The zero-order valence-corrected chi connectivity index (χ0v) is 19.4. The van der Waals surface area contributed by atoms with Crippen molar-refractivity contribution in [3.63, 3.8) is 0 Å². The molecule has 2 N–H and O–H groups in total. The molecule has 0 radical (unpaired) electrons. The lowest BCUT2D eigenvalue weighted by atomic mass is 10.1. The molecule has 0 unspecified atom stereocenters. The molecule has 2 aromatic heterocycles. The molecule has 4 heterocycles. The normalized spacial score (nSPS) is 15.1. The molecule has 1 saturated heterocycles. The van der Waals surface area contributed by atoms with E-state index in [1.165, 1.54) is 0 Å². The number of fused-ring (bicyclic) bond motifs is 2. The SMILES string of the molecule is O=C(c1cc2cc(Nc3ncc(F)c(Nc4ccc5c(c4)OCCO5)n3)ccc2o1)N1CCCCC1. The average molecular weight is 490 g/mol. The average Bonchev–Trinajstić information content (AvgIpc) is 3.34. The first-order valence-electron chi connectivity index (χ1n) is 11.9. The van der Waals surface area contributed by atoms with Gasteiger partial charge in [0.2, 0.25) is 5.95 Å². The number of carbonyl (C=O) groups excluding carboxylic acids is 1. The number of nitrogens with zero attached hydrogens (tertiary/aromatic N) is 3. The van der Waals surface area contributed by atoms with E-state index in [0.29, 0.717) is 47.4 Å². The second-order valence-corrected chi connectivity index (χ2v) is 8.71. The van der Waals surface area contributed by atoms with Crippen molar-refractivity contribution in [1.29, 1.82) is 0 Å². The summed E-state index contributed by atoms with van der Waals surface area (Å²) in [5.41, 5.74) is 1.90. The van der Waals surface area contributed by atoms with Gasteiger partial charge in [-0.05, 0) is 55.7 Å². The van der Waals surface area contributed by atoms with E-state index in [4.69, 9.17) is 13.9 Å². The highest BCUT2D eigenvalue weighted by atomic mass is 19.1. The lowest BCUT2D eigenvalue weighted by Crippen LogP contribution is -2.35. The third-order valence-corrected chi connectivity index (χ3v) is 6.18. The second kappa shape index (κ2) is 9.37. The van der Waals surface area contributed by atoms with Crippen molar-refractivity contribution in [2.75, 3.05) is 36.9 Å². The Morgan fingerprint density at radius 3 is 2.56 bits per heavy atom. The molecule has 2 aliphatic heterocycles. The predicted molar refractivity (Wildman–Crippen MR) is 132 cm³/mol. The fourth-order valence-electron chi connectivity index (χ4n) is 4.38. The van der Waals surface area contributed by atoms with Gasteiger partial charge >= 0.3 is 0 Å². The molecule has 36 heavy (non-hydrogen) atoms. The number of anilines is 4. The third-order valence-electron chi connectivity index (χ3n) is 6.18. The summed E-state index contributed by atoms with van der Waals surface area (Å²) in [6.07, 6.45) is 4.28. The summed E-state index contributed by atoms with van der Waals surface area (Å²) in [7, 11) is 0. The van der Waals surface area contributed by atoms with Crippen molar-refractivity contribution < 1.29 is 23.1 Å². The first-order chi connectivity index (χ1) is 17.6. The molecule has 10 heteroatoms. The molecule has 0 aliphatic carbocycles. The number of hydrogen-bond donors (Lipinski definition) is 2. The Balaban J connectivity index is 1.19. The van der Waals surface area contributed by atoms with Crippen molar-refractivity contribution in [2.24, 2.45) is 0 Å². The number of likely N-dealkylation sites (tertiary alicyclic amines) is 1. The zero-order chi connectivity index (χ0) is 24.5. The largest absolute Gasteiger partial charge is 0.486 e. The minimum Gasteiger partial charge on any atom is -0.486 e. The Kier molecular flexibility index (Phi) is 5.76. The summed E-state index contributed by atoms with van der Waals surface area (Å²) in [5.74, 6) is 1.11. The molecular weight excluding hydrogens is 465 g/mol. The topological polar surface area (TPSA) is 102 Å². The summed E-state index contributed by atoms with van der Waals surface area (Å²) in [6.45, 7) is 2.47. The Morgan fingerprint density at radius 2 is 1.69 bits per heavy atom.